The molecule has 0 heterocycles. The van der Waals surface area contributed by atoms with Gasteiger partial charge in [-0.2, -0.15) is 0 Å². The number of thioether (sulfide) groups is 1. The van der Waals surface area contributed by atoms with Crippen molar-refractivity contribution in [2.75, 3.05) is 14.2 Å². The standard InChI is InChI=1S/C22H23NO4S/c1-26-12-20(22(24)25)18-6-4-3-5-16(18)13-28-14-23-21-10-9-17(27-2)11-19(21)15-7-8-15/h3-6,9-12,14-15H,7-8,13H2,1-2H3,(H,24,25)/b20-12+,23-14?. The first-order valence-corrected chi connectivity index (χ1v) is 10.1. The first-order chi connectivity index (χ1) is 13.6. The van der Waals surface area contributed by atoms with Crippen molar-refractivity contribution in [3.8, 4) is 5.75 Å². The SMILES string of the molecule is CO/C=C(/C(=O)O)c1ccccc1CSC=Nc1ccc(OC)cc1C1CC1. The van der Waals surface area contributed by atoms with Gasteiger partial charge >= 0.3 is 5.97 Å². The lowest BCUT2D eigenvalue weighted by Gasteiger charge is -2.09. The van der Waals surface area contributed by atoms with Crippen LogP contribution in [0, 0.1) is 0 Å². The van der Waals surface area contributed by atoms with E-state index in [2.05, 4.69) is 11.1 Å². The molecule has 28 heavy (non-hydrogen) atoms. The minimum atomic E-state index is -1.01. The topological polar surface area (TPSA) is 68.1 Å². The molecule has 0 amide bonds. The molecule has 6 heteroatoms. The third kappa shape index (κ3) is 4.95. The lowest BCUT2D eigenvalue weighted by molar-refractivity contribution is -0.130. The summed E-state index contributed by atoms with van der Waals surface area (Å²) in [5, 5.41) is 9.44. The molecule has 2 aromatic rings. The quantitative estimate of drug-likeness (QED) is 0.271. The Hall–Kier alpha value is -2.73. The minimum absolute atomic E-state index is 0.141. The van der Waals surface area contributed by atoms with E-state index in [0.29, 0.717) is 17.2 Å². The van der Waals surface area contributed by atoms with Crippen molar-refractivity contribution in [2.24, 2.45) is 4.99 Å². The smallest absolute Gasteiger partial charge is 0.339 e. The number of hydrogen-bond donors (Lipinski definition) is 1. The number of hydrogen-bond acceptors (Lipinski definition) is 5. The molecule has 1 aliphatic rings. The Morgan fingerprint density at radius 2 is 2.04 bits per heavy atom. The van der Waals surface area contributed by atoms with Crippen LogP contribution in [0.2, 0.25) is 0 Å². The van der Waals surface area contributed by atoms with E-state index in [0.717, 1.165) is 17.0 Å². The molecule has 146 valence electrons. The highest BCUT2D eigenvalue weighted by molar-refractivity contribution is 8.11. The normalized spacial score (nSPS) is 14.3. The second-order valence-electron chi connectivity index (χ2n) is 6.47. The Labute approximate surface area is 169 Å². The van der Waals surface area contributed by atoms with E-state index in [1.54, 1.807) is 13.2 Å². The summed E-state index contributed by atoms with van der Waals surface area (Å²) in [6.45, 7) is 0. The molecule has 3 rings (SSSR count). The predicted octanol–water partition coefficient (Wildman–Crippen LogP) is 5.24. The maximum Gasteiger partial charge on any atom is 0.339 e. The average Bonchev–Trinajstić information content (AvgIpc) is 3.55. The van der Waals surface area contributed by atoms with E-state index in [-0.39, 0.29) is 5.57 Å². The first kappa shape index (κ1) is 20.0. The zero-order valence-corrected chi connectivity index (χ0v) is 16.7. The van der Waals surface area contributed by atoms with E-state index < -0.39 is 5.97 Å². The number of rotatable bonds is 9. The highest BCUT2D eigenvalue weighted by Gasteiger charge is 2.26. The molecule has 1 N–H and O–H groups in total. The Morgan fingerprint density at radius 1 is 1.25 bits per heavy atom. The maximum atomic E-state index is 11.5. The lowest BCUT2D eigenvalue weighted by Crippen LogP contribution is -2.03. The molecule has 0 unspecified atom stereocenters. The number of carboxylic acids is 1. The maximum absolute atomic E-state index is 11.5. The molecule has 0 saturated heterocycles. The number of carbonyl (C=O) groups is 1. The molecule has 5 nitrogen and oxygen atoms in total. The summed E-state index contributed by atoms with van der Waals surface area (Å²) in [6.07, 6.45) is 3.65. The molecule has 0 aliphatic heterocycles. The monoisotopic (exact) mass is 397 g/mol. The number of methoxy groups -OCH3 is 2. The van der Waals surface area contributed by atoms with Crippen LogP contribution in [0.1, 0.15) is 35.4 Å². The van der Waals surface area contributed by atoms with Crippen molar-refractivity contribution >= 4 is 34.5 Å². The summed E-state index contributed by atoms with van der Waals surface area (Å²) in [6, 6.07) is 13.4. The third-order valence-corrected chi connectivity index (χ3v) is 5.26. The van der Waals surface area contributed by atoms with Crippen LogP contribution in [-0.2, 0) is 15.3 Å². The van der Waals surface area contributed by atoms with Crippen LogP contribution < -0.4 is 4.74 Å². The minimum Gasteiger partial charge on any atom is -0.503 e. The highest BCUT2D eigenvalue weighted by Crippen LogP contribution is 2.45. The fourth-order valence-corrected chi connectivity index (χ4v) is 3.67. The fourth-order valence-electron chi connectivity index (χ4n) is 2.98. The van der Waals surface area contributed by atoms with Crippen molar-refractivity contribution in [1.29, 1.82) is 0 Å². The number of nitrogens with zero attached hydrogens (tertiary/aromatic N) is 1. The van der Waals surface area contributed by atoms with E-state index in [1.165, 1.54) is 43.5 Å². The van der Waals surface area contributed by atoms with Gasteiger partial charge in [0.2, 0.25) is 0 Å². The average molecular weight is 397 g/mol. The van der Waals surface area contributed by atoms with Gasteiger partial charge in [-0.15, -0.1) is 11.8 Å². The summed E-state index contributed by atoms with van der Waals surface area (Å²) in [7, 11) is 3.12. The molecule has 1 saturated carbocycles. The Balaban J connectivity index is 1.73. The van der Waals surface area contributed by atoms with Crippen LogP contribution in [-0.4, -0.2) is 30.8 Å². The van der Waals surface area contributed by atoms with Crippen LogP contribution in [0.4, 0.5) is 5.69 Å². The van der Waals surface area contributed by atoms with Gasteiger partial charge < -0.3 is 14.6 Å². The molecule has 1 fully saturated rings. The van der Waals surface area contributed by atoms with Crippen molar-refractivity contribution in [3.63, 3.8) is 0 Å². The zero-order chi connectivity index (χ0) is 19.9. The summed E-state index contributed by atoms with van der Waals surface area (Å²) < 4.78 is 10.3. The van der Waals surface area contributed by atoms with Crippen molar-refractivity contribution in [3.05, 3.63) is 65.4 Å². The zero-order valence-electron chi connectivity index (χ0n) is 15.9. The van der Waals surface area contributed by atoms with Crippen LogP contribution in [0.15, 0.2) is 53.7 Å². The number of carboxylic acid groups (broad SMARTS) is 1. The van der Waals surface area contributed by atoms with Gasteiger partial charge in [0.05, 0.1) is 31.7 Å². The van der Waals surface area contributed by atoms with Gasteiger partial charge in [-0.05, 0) is 53.6 Å². The first-order valence-electron chi connectivity index (χ1n) is 9.00. The van der Waals surface area contributed by atoms with E-state index in [4.69, 9.17) is 9.47 Å². The second kappa shape index (κ2) is 9.46. The molecule has 0 spiro atoms. The van der Waals surface area contributed by atoms with Gasteiger partial charge in [0.15, 0.2) is 0 Å². The van der Waals surface area contributed by atoms with Crippen molar-refractivity contribution in [1.82, 2.24) is 0 Å². The van der Waals surface area contributed by atoms with Gasteiger partial charge in [0.25, 0.3) is 0 Å². The van der Waals surface area contributed by atoms with Gasteiger partial charge in [-0.3, -0.25) is 0 Å². The number of benzene rings is 2. The highest BCUT2D eigenvalue weighted by atomic mass is 32.2. The van der Waals surface area contributed by atoms with Crippen LogP contribution >= 0.6 is 11.8 Å². The third-order valence-electron chi connectivity index (χ3n) is 4.53. The Bertz CT molecular complexity index is 903. The number of aliphatic imine (C=N–C) groups is 1. The van der Waals surface area contributed by atoms with Gasteiger partial charge in [-0.1, -0.05) is 24.3 Å². The molecule has 2 aromatic carbocycles. The molecule has 1 aliphatic carbocycles. The summed E-state index contributed by atoms with van der Waals surface area (Å²) >= 11 is 1.53. The van der Waals surface area contributed by atoms with E-state index in [9.17, 15) is 9.90 Å². The molecular formula is C22H23NO4S. The Kier molecular flexibility index (Phi) is 6.76. The predicted molar refractivity (Wildman–Crippen MR) is 113 cm³/mol. The number of ether oxygens (including phenoxy) is 2. The van der Waals surface area contributed by atoms with Gasteiger partial charge in [0, 0.05) is 5.75 Å². The lowest BCUT2D eigenvalue weighted by atomic mass is 10.0. The molecule has 0 radical (unpaired) electrons. The van der Waals surface area contributed by atoms with Gasteiger partial charge in [0.1, 0.15) is 11.3 Å². The summed E-state index contributed by atoms with van der Waals surface area (Å²) in [5.74, 6) is 1.03. The second-order valence-corrected chi connectivity index (χ2v) is 7.31. The number of aliphatic carboxylic acids is 1. The summed E-state index contributed by atoms with van der Waals surface area (Å²) in [4.78, 5) is 16.2. The van der Waals surface area contributed by atoms with Gasteiger partial charge in [-0.25, -0.2) is 9.79 Å². The van der Waals surface area contributed by atoms with Crippen molar-refractivity contribution in [2.45, 2.75) is 24.5 Å². The van der Waals surface area contributed by atoms with E-state index in [1.807, 2.05) is 35.9 Å². The molecular weight excluding hydrogens is 374 g/mol. The fraction of sp³-hybridized carbons (Fsp3) is 0.273. The molecule has 0 aromatic heterocycles. The largest absolute Gasteiger partial charge is 0.503 e. The molecule has 0 atom stereocenters. The summed E-state index contributed by atoms with van der Waals surface area (Å²) in [5.41, 5.74) is 5.73. The molecule has 0 bridgehead atoms. The van der Waals surface area contributed by atoms with E-state index >= 15 is 0 Å². The van der Waals surface area contributed by atoms with Crippen molar-refractivity contribution < 1.29 is 19.4 Å². The van der Waals surface area contributed by atoms with Crippen LogP contribution in [0.25, 0.3) is 5.57 Å². The van der Waals surface area contributed by atoms with Crippen LogP contribution in [0.5, 0.6) is 5.75 Å². The Morgan fingerprint density at radius 3 is 2.71 bits per heavy atom. The van der Waals surface area contributed by atoms with Crippen LogP contribution in [0.3, 0.4) is 0 Å².